The van der Waals surface area contributed by atoms with E-state index in [4.69, 9.17) is 9.84 Å². The van der Waals surface area contributed by atoms with Gasteiger partial charge < -0.3 is 14.4 Å². The number of carbonyl (C=O) groups excluding carboxylic acids is 1. The number of morpholine rings is 1. The molecule has 2 unspecified atom stereocenters. The minimum Gasteiger partial charge on any atom is -0.394 e. The maximum Gasteiger partial charge on any atom is 0.193 e. The van der Waals surface area contributed by atoms with Crippen molar-refractivity contribution in [3.05, 3.63) is 24.0 Å². The van der Waals surface area contributed by atoms with Crippen LogP contribution in [0.4, 0.5) is 0 Å². The number of ether oxygens (including phenoxy) is 1. The summed E-state index contributed by atoms with van der Waals surface area (Å²) >= 11 is 0. The van der Waals surface area contributed by atoms with Crippen molar-refractivity contribution in [1.29, 1.82) is 0 Å². The number of Topliss-reactive ketones (excluding diaryl/α,β-unsaturated/α-hetero) is 1. The van der Waals surface area contributed by atoms with Gasteiger partial charge in [0.05, 0.1) is 31.6 Å². The number of aliphatic hydroxyl groups is 1. The number of hydrogen-bond acceptors (Lipinski definition) is 4. The van der Waals surface area contributed by atoms with Crippen molar-refractivity contribution >= 4 is 5.78 Å². The van der Waals surface area contributed by atoms with Crippen LogP contribution in [-0.2, 0) is 11.8 Å². The highest BCUT2D eigenvalue weighted by atomic mass is 16.5. The fraction of sp³-hybridized carbons (Fsp3) is 0.615. The van der Waals surface area contributed by atoms with Crippen molar-refractivity contribution in [3.63, 3.8) is 0 Å². The Morgan fingerprint density at radius 1 is 1.61 bits per heavy atom. The zero-order valence-corrected chi connectivity index (χ0v) is 10.9. The second-order valence-electron chi connectivity index (χ2n) is 4.84. The van der Waals surface area contributed by atoms with E-state index in [0.29, 0.717) is 25.4 Å². The van der Waals surface area contributed by atoms with Gasteiger partial charge >= 0.3 is 0 Å². The van der Waals surface area contributed by atoms with Gasteiger partial charge in [-0.2, -0.15) is 0 Å². The molecule has 1 aromatic rings. The van der Waals surface area contributed by atoms with E-state index in [1.807, 2.05) is 36.9 Å². The number of rotatable bonds is 4. The molecular weight excluding hydrogens is 232 g/mol. The fourth-order valence-electron chi connectivity index (χ4n) is 2.22. The van der Waals surface area contributed by atoms with E-state index in [1.54, 1.807) is 0 Å². The van der Waals surface area contributed by atoms with E-state index in [2.05, 4.69) is 4.90 Å². The van der Waals surface area contributed by atoms with E-state index in [9.17, 15) is 4.79 Å². The van der Waals surface area contributed by atoms with Crippen LogP contribution < -0.4 is 0 Å². The van der Waals surface area contributed by atoms with E-state index in [-0.39, 0.29) is 24.5 Å². The van der Waals surface area contributed by atoms with E-state index < -0.39 is 0 Å². The molecule has 1 N–H and O–H groups in total. The molecule has 0 aromatic carbocycles. The van der Waals surface area contributed by atoms with E-state index >= 15 is 0 Å². The Balaban J connectivity index is 1.99. The number of ketones is 1. The SMILES string of the molecule is CC1COC(CO)CN1CC(=O)c1cccn1C. The van der Waals surface area contributed by atoms with Gasteiger partial charge in [0.25, 0.3) is 0 Å². The molecule has 1 aliphatic heterocycles. The van der Waals surface area contributed by atoms with Gasteiger partial charge in [0, 0.05) is 25.8 Å². The van der Waals surface area contributed by atoms with Crippen LogP contribution in [-0.4, -0.2) is 58.8 Å². The third kappa shape index (κ3) is 2.80. The summed E-state index contributed by atoms with van der Waals surface area (Å²) in [5.41, 5.74) is 0.717. The van der Waals surface area contributed by atoms with Crippen LogP contribution in [0.25, 0.3) is 0 Å². The Labute approximate surface area is 107 Å². The van der Waals surface area contributed by atoms with Crippen LogP contribution in [0, 0.1) is 0 Å². The molecule has 2 atom stereocenters. The summed E-state index contributed by atoms with van der Waals surface area (Å²) in [4.78, 5) is 14.2. The molecule has 0 spiro atoms. The summed E-state index contributed by atoms with van der Waals surface area (Å²) in [6.07, 6.45) is 1.69. The Hall–Kier alpha value is -1.17. The average molecular weight is 252 g/mol. The van der Waals surface area contributed by atoms with Crippen molar-refractivity contribution in [3.8, 4) is 0 Å². The van der Waals surface area contributed by atoms with E-state index in [1.165, 1.54) is 0 Å². The highest BCUT2D eigenvalue weighted by Gasteiger charge is 2.27. The highest BCUT2D eigenvalue weighted by molar-refractivity contribution is 5.96. The first kappa shape index (κ1) is 13.3. The molecule has 1 fully saturated rings. The molecular formula is C13H20N2O3. The summed E-state index contributed by atoms with van der Waals surface area (Å²) in [6.45, 7) is 3.58. The van der Waals surface area contributed by atoms with E-state index in [0.717, 1.165) is 0 Å². The van der Waals surface area contributed by atoms with Gasteiger partial charge in [0.1, 0.15) is 0 Å². The predicted molar refractivity (Wildman–Crippen MR) is 67.6 cm³/mol. The van der Waals surface area contributed by atoms with Gasteiger partial charge in [-0.15, -0.1) is 0 Å². The third-order valence-corrected chi connectivity index (χ3v) is 3.41. The predicted octanol–water partition coefficient (Wildman–Crippen LogP) is 0.289. The standard InChI is InChI=1S/C13H20N2O3/c1-10-9-18-11(8-16)6-15(10)7-13(17)12-4-3-5-14(12)2/h3-5,10-11,16H,6-9H2,1-2H3. The van der Waals surface area contributed by atoms with Gasteiger partial charge in [-0.05, 0) is 19.1 Å². The number of aliphatic hydroxyl groups excluding tert-OH is 1. The lowest BCUT2D eigenvalue weighted by molar-refractivity contribution is -0.0748. The summed E-state index contributed by atoms with van der Waals surface area (Å²) in [7, 11) is 1.87. The Morgan fingerprint density at radius 2 is 2.39 bits per heavy atom. The monoisotopic (exact) mass is 252 g/mol. The molecule has 1 saturated heterocycles. The zero-order chi connectivity index (χ0) is 13.1. The third-order valence-electron chi connectivity index (χ3n) is 3.41. The zero-order valence-electron chi connectivity index (χ0n) is 10.9. The van der Waals surface area contributed by atoms with Crippen LogP contribution in [0.3, 0.4) is 0 Å². The molecule has 0 aliphatic carbocycles. The van der Waals surface area contributed by atoms with Crippen molar-refractivity contribution in [2.75, 3.05) is 26.3 Å². The maximum absolute atomic E-state index is 12.2. The molecule has 0 saturated carbocycles. The van der Waals surface area contributed by atoms with Crippen molar-refractivity contribution in [2.24, 2.45) is 7.05 Å². The summed E-state index contributed by atoms with van der Waals surface area (Å²) in [5, 5.41) is 9.12. The molecule has 0 bridgehead atoms. The van der Waals surface area contributed by atoms with Gasteiger partial charge in [0.2, 0.25) is 0 Å². The lowest BCUT2D eigenvalue weighted by Crippen LogP contribution is -2.51. The molecule has 2 heterocycles. The molecule has 0 radical (unpaired) electrons. The van der Waals surface area contributed by atoms with Crippen LogP contribution in [0.2, 0.25) is 0 Å². The molecule has 0 amide bonds. The van der Waals surface area contributed by atoms with Crippen LogP contribution >= 0.6 is 0 Å². The first-order valence-corrected chi connectivity index (χ1v) is 6.23. The molecule has 5 nitrogen and oxygen atoms in total. The Morgan fingerprint density at radius 3 is 3.00 bits per heavy atom. The lowest BCUT2D eigenvalue weighted by Gasteiger charge is -2.36. The number of aromatic nitrogens is 1. The second-order valence-corrected chi connectivity index (χ2v) is 4.84. The maximum atomic E-state index is 12.2. The number of hydrogen-bond donors (Lipinski definition) is 1. The molecule has 100 valence electrons. The summed E-state index contributed by atoms with van der Waals surface area (Å²) in [6, 6.07) is 3.90. The van der Waals surface area contributed by atoms with Gasteiger partial charge in [-0.3, -0.25) is 9.69 Å². The largest absolute Gasteiger partial charge is 0.394 e. The first-order chi connectivity index (χ1) is 8.61. The summed E-state index contributed by atoms with van der Waals surface area (Å²) in [5.74, 6) is 0.105. The topological polar surface area (TPSA) is 54.7 Å². The highest BCUT2D eigenvalue weighted by Crippen LogP contribution is 2.12. The van der Waals surface area contributed by atoms with Crippen molar-refractivity contribution < 1.29 is 14.6 Å². The van der Waals surface area contributed by atoms with Crippen molar-refractivity contribution in [1.82, 2.24) is 9.47 Å². The quantitative estimate of drug-likeness (QED) is 0.783. The summed E-state index contributed by atoms with van der Waals surface area (Å²) < 4.78 is 7.29. The van der Waals surface area contributed by atoms with Gasteiger partial charge in [0.15, 0.2) is 5.78 Å². The minimum absolute atomic E-state index is 0.00155. The molecule has 1 aliphatic rings. The Bertz CT molecular complexity index is 416. The molecule has 5 heteroatoms. The Kier molecular flexibility index (Phi) is 4.16. The van der Waals surface area contributed by atoms with Gasteiger partial charge in [-0.25, -0.2) is 0 Å². The lowest BCUT2D eigenvalue weighted by atomic mass is 10.1. The van der Waals surface area contributed by atoms with Crippen molar-refractivity contribution in [2.45, 2.75) is 19.1 Å². The smallest absolute Gasteiger partial charge is 0.193 e. The second kappa shape index (κ2) is 5.65. The number of carbonyl (C=O) groups is 1. The average Bonchev–Trinajstić information content (AvgIpc) is 2.78. The normalized spacial score (nSPS) is 25.3. The fourth-order valence-corrected chi connectivity index (χ4v) is 2.22. The first-order valence-electron chi connectivity index (χ1n) is 6.23. The number of nitrogens with zero attached hydrogens (tertiary/aromatic N) is 2. The van der Waals surface area contributed by atoms with Crippen LogP contribution in [0.15, 0.2) is 18.3 Å². The van der Waals surface area contributed by atoms with Gasteiger partial charge in [-0.1, -0.05) is 0 Å². The van der Waals surface area contributed by atoms with Crippen LogP contribution in [0.1, 0.15) is 17.4 Å². The number of aryl methyl sites for hydroxylation is 1. The molecule has 18 heavy (non-hydrogen) atoms. The minimum atomic E-state index is -0.178. The molecule has 2 rings (SSSR count). The molecule has 1 aromatic heterocycles. The van der Waals surface area contributed by atoms with Crippen LogP contribution in [0.5, 0.6) is 0 Å².